The molecule has 1 saturated heterocycles. The van der Waals surface area contributed by atoms with Gasteiger partial charge in [0.25, 0.3) is 0 Å². The van der Waals surface area contributed by atoms with Crippen LogP contribution in [-0.2, 0) is 4.74 Å². The molecule has 3 heteroatoms. The van der Waals surface area contributed by atoms with Gasteiger partial charge in [-0.3, -0.25) is 10.6 Å². The van der Waals surface area contributed by atoms with Gasteiger partial charge in [0.2, 0.25) is 0 Å². The van der Waals surface area contributed by atoms with Crippen molar-refractivity contribution in [2.24, 2.45) is 0 Å². The predicted molar refractivity (Wildman–Crippen MR) is 36.0 cm³/mol. The van der Waals surface area contributed by atoms with Gasteiger partial charge in [0.1, 0.15) is 0 Å². The van der Waals surface area contributed by atoms with Crippen LogP contribution in [0.15, 0.2) is 0 Å². The summed E-state index contributed by atoms with van der Waals surface area (Å²) in [4.78, 5) is 0. The molecule has 1 heterocycles. The molecule has 0 aromatic rings. The highest BCUT2D eigenvalue weighted by Crippen LogP contribution is 1.89. The van der Waals surface area contributed by atoms with E-state index in [4.69, 9.17) is 4.74 Å². The summed E-state index contributed by atoms with van der Waals surface area (Å²) in [5, 5.41) is 6.32. The van der Waals surface area contributed by atoms with Crippen LogP contribution in [0, 0.1) is 0 Å². The van der Waals surface area contributed by atoms with E-state index in [1.165, 1.54) is 0 Å². The van der Waals surface area contributed by atoms with E-state index in [1.54, 1.807) is 0 Å². The third kappa shape index (κ3) is 2.30. The Morgan fingerprint density at radius 3 is 2.67 bits per heavy atom. The highest BCUT2D eigenvalue weighted by Gasteiger charge is 2.10. The molecule has 0 amide bonds. The van der Waals surface area contributed by atoms with Gasteiger partial charge in [-0.15, -0.1) is 0 Å². The molecule has 0 spiro atoms. The van der Waals surface area contributed by atoms with Crippen LogP contribution in [0.2, 0.25) is 0 Å². The quantitative estimate of drug-likeness (QED) is 0.559. The Hall–Kier alpha value is -0.120. The van der Waals surface area contributed by atoms with Crippen molar-refractivity contribution in [2.45, 2.75) is 19.7 Å². The summed E-state index contributed by atoms with van der Waals surface area (Å²) in [7, 11) is 0. The second-order valence-corrected chi connectivity index (χ2v) is 2.16. The number of hydrogen-bond donors (Lipinski definition) is 2. The minimum atomic E-state index is 0.116. The summed E-state index contributed by atoms with van der Waals surface area (Å²) >= 11 is 0. The molecule has 0 radical (unpaired) electrons. The molecular formula is C6H14N2O. The average Bonchev–Trinajstić information content (AvgIpc) is 2.34. The summed E-state index contributed by atoms with van der Waals surface area (Å²) in [5.74, 6) is 0. The molecule has 0 saturated carbocycles. The van der Waals surface area contributed by atoms with Gasteiger partial charge in [-0.1, -0.05) is 6.92 Å². The van der Waals surface area contributed by atoms with E-state index in [9.17, 15) is 0 Å². The third-order valence-electron chi connectivity index (χ3n) is 1.27. The normalized spacial score (nSPS) is 21.0. The van der Waals surface area contributed by atoms with Crippen LogP contribution in [0.5, 0.6) is 0 Å². The first-order chi connectivity index (χ1) is 4.43. The van der Waals surface area contributed by atoms with Crippen LogP contribution in [0.25, 0.3) is 0 Å². The number of ether oxygens (including phenoxy) is 1. The van der Waals surface area contributed by atoms with Crippen LogP contribution >= 0.6 is 0 Å². The first-order valence-corrected chi connectivity index (χ1v) is 3.52. The highest BCUT2D eigenvalue weighted by atomic mass is 16.5. The van der Waals surface area contributed by atoms with E-state index in [1.807, 2.05) is 0 Å². The minimum absolute atomic E-state index is 0.116. The molecule has 0 atom stereocenters. The lowest BCUT2D eigenvalue weighted by Gasteiger charge is -2.10. The SMILES string of the molecule is CCCOC1NCCN1. The largest absolute Gasteiger partial charge is 0.350 e. The van der Waals surface area contributed by atoms with Crippen molar-refractivity contribution in [3.63, 3.8) is 0 Å². The fourth-order valence-electron chi connectivity index (χ4n) is 0.832. The van der Waals surface area contributed by atoms with E-state index in [0.717, 1.165) is 26.1 Å². The summed E-state index contributed by atoms with van der Waals surface area (Å²) in [5.41, 5.74) is 0. The highest BCUT2D eigenvalue weighted by molar-refractivity contribution is 4.63. The van der Waals surface area contributed by atoms with Gasteiger partial charge in [-0.25, -0.2) is 0 Å². The van der Waals surface area contributed by atoms with E-state index in [-0.39, 0.29) is 6.35 Å². The topological polar surface area (TPSA) is 33.3 Å². The molecule has 2 N–H and O–H groups in total. The molecule has 9 heavy (non-hydrogen) atoms. The Morgan fingerprint density at radius 2 is 2.11 bits per heavy atom. The maximum Gasteiger partial charge on any atom is 0.163 e. The van der Waals surface area contributed by atoms with E-state index in [0.29, 0.717) is 0 Å². The lowest BCUT2D eigenvalue weighted by Crippen LogP contribution is -2.34. The van der Waals surface area contributed by atoms with Crippen molar-refractivity contribution in [1.82, 2.24) is 10.6 Å². The van der Waals surface area contributed by atoms with Gasteiger partial charge in [-0.2, -0.15) is 0 Å². The monoisotopic (exact) mass is 130 g/mol. The van der Waals surface area contributed by atoms with Crippen LogP contribution in [0.1, 0.15) is 13.3 Å². The fraction of sp³-hybridized carbons (Fsp3) is 1.00. The van der Waals surface area contributed by atoms with Gasteiger partial charge >= 0.3 is 0 Å². The third-order valence-corrected chi connectivity index (χ3v) is 1.27. The Balaban J connectivity index is 1.98. The zero-order chi connectivity index (χ0) is 6.53. The van der Waals surface area contributed by atoms with E-state index < -0.39 is 0 Å². The molecular weight excluding hydrogens is 116 g/mol. The fourth-order valence-corrected chi connectivity index (χ4v) is 0.832. The second kappa shape index (κ2) is 3.82. The van der Waals surface area contributed by atoms with Gasteiger partial charge in [-0.05, 0) is 6.42 Å². The lowest BCUT2D eigenvalue weighted by molar-refractivity contribution is 0.0290. The molecule has 0 aromatic heterocycles. The van der Waals surface area contributed by atoms with Crippen LogP contribution < -0.4 is 10.6 Å². The molecule has 54 valence electrons. The summed E-state index contributed by atoms with van der Waals surface area (Å²) in [6.07, 6.45) is 1.20. The predicted octanol–water partition coefficient (Wildman–Crippen LogP) is -0.111. The van der Waals surface area contributed by atoms with Crippen LogP contribution in [0.4, 0.5) is 0 Å². The maximum atomic E-state index is 5.33. The second-order valence-electron chi connectivity index (χ2n) is 2.16. The van der Waals surface area contributed by atoms with Crippen LogP contribution in [-0.4, -0.2) is 26.0 Å². The van der Waals surface area contributed by atoms with Crippen LogP contribution in [0.3, 0.4) is 0 Å². The molecule has 0 bridgehead atoms. The zero-order valence-electron chi connectivity index (χ0n) is 5.81. The Kier molecular flexibility index (Phi) is 2.97. The van der Waals surface area contributed by atoms with E-state index in [2.05, 4.69) is 17.6 Å². The summed E-state index contributed by atoms with van der Waals surface area (Å²) in [6, 6.07) is 0. The van der Waals surface area contributed by atoms with Crippen molar-refractivity contribution in [2.75, 3.05) is 19.7 Å². The lowest BCUT2D eigenvalue weighted by atomic mass is 10.5. The van der Waals surface area contributed by atoms with Crippen molar-refractivity contribution in [3.8, 4) is 0 Å². The molecule has 0 aromatic carbocycles. The standard InChI is InChI=1S/C6H14N2O/c1-2-5-9-6-7-3-4-8-6/h6-8H,2-5H2,1H3. The first-order valence-electron chi connectivity index (χ1n) is 3.52. The van der Waals surface area contributed by atoms with Crippen molar-refractivity contribution in [1.29, 1.82) is 0 Å². The van der Waals surface area contributed by atoms with Gasteiger partial charge in [0.15, 0.2) is 6.35 Å². The van der Waals surface area contributed by atoms with E-state index >= 15 is 0 Å². The molecule has 0 unspecified atom stereocenters. The molecule has 1 rings (SSSR count). The van der Waals surface area contributed by atoms with Crippen molar-refractivity contribution >= 4 is 0 Å². The molecule has 0 aliphatic carbocycles. The van der Waals surface area contributed by atoms with Crippen molar-refractivity contribution < 1.29 is 4.74 Å². The average molecular weight is 130 g/mol. The number of nitrogens with one attached hydrogen (secondary N) is 2. The number of rotatable bonds is 3. The molecule has 1 aliphatic rings. The number of hydrogen-bond acceptors (Lipinski definition) is 3. The van der Waals surface area contributed by atoms with Gasteiger partial charge in [0.05, 0.1) is 0 Å². The van der Waals surface area contributed by atoms with Gasteiger partial charge in [0, 0.05) is 19.7 Å². The smallest absolute Gasteiger partial charge is 0.163 e. The summed E-state index contributed by atoms with van der Waals surface area (Å²) < 4.78 is 5.33. The molecule has 1 aliphatic heterocycles. The first kappa shape index (κ1) is 6.99. The zero-order valence-corrected chi connectivity index (χ0v) is 5.81. The minimum Gasteiger partial charge on any atom is -0.350 e. The molecule has 3 nitrogen and oxygen atoms in total. The van der Waals surface area contributed by atoms with Gasteiger partial charge < -0.3 is 4.74 Å². The Labute approximate surface area is 55.8 Å². The summed E-state index contributed by atoms with van der Waals surface area (Å²) in [6.45, 7) is 4.99. The molecule has 1 fully saturated rings. The maximum absolute atomic E-state index is 5.33. The van der Waals surface area contributed by atoms with Crippen molar-refractivity contribution in [3.05, 3.63) is 0 Å². The Morgan fingerprint density at radius 1 is 1.44 bits per heavy atom. The Bertz CT molecular complexity index is 71.5.